The van der Waals surface area contributed by atoms with Crippen LogP contribution in [0.1, 0.15) is 55.3 Å². The molecule has 2 heterocycles. The first-order valence-corrected chi connectivity index (χ1v) is 12.1. The molecule has 2 atom stereocenters. The molecule has 0 spiro atoms. The van der Waals surface area contributed by atoms with Crippen LogP contribution in [0.15, 0.2) is 43.0 Å². The van der Waals surface area contributed by atoms with Crippen LogP contribution in [0.2, 0.25) is 0 Å². The number of hydrogen-bond donors (Lipinski definition) is 2. The average molecular weight is 482 g/mol. The van der Waals surface area contributed by atoms with Gasteiger partial charge in [-0.15, -0.1) is 0 Å². The molecular weight excluding hydrogens is 450 g/mol. The van der Waals surface area contributed by atoms with Gasteiger partial charge in [0, 0.05) is 30.2 Å². The van der Waals surface area contributed by atoms with E-state index in [1.54, 1.807) is 47.6 Å². The van der Waals surface area contributed by atoms with Crippen molar-refractivity contribution in [3.8, 4) is 5.69 Å². The molecule has 2 aromatic rings. The summed E-state index contributed by atoms with van der Waals surface area (Å²) in [4.78, 5) is 55.6. The maximum Gasteiger partial charge on any atom is 0.257 e. The fourth-order valence-electron chi connectivity index (χ4n) is 5.17. The van der Waals surface area contributed by atoms with Crippen LogP contribution < -0.4 is 5.32 Å². The van der Waals surface area contributed by atoms with Gasteiger partial charge in [0.15, 0.2) is 0 Å². The van der Waals surface area contributed by atoms with Crippen molar-refractivity contribution in [2.24, 2.45) is 11.8 Å². The zero-order valence-electron chi connectivity index (χ0n) is 19.6. The Hall–Kier alpha value is -3.53. The van der Waals surface area contributed by atoms with Crippen molar-refractivity contribution in [2.45, 2.75) is 51.0 Å². The van der Waals surface area contributed by atoms with E-state index in [2.05, 4.69) is 10.3 Å². The molecule has 0 unspecified atom stereocenters. The van der Waals surface area contributed by atoms with Gasteiger partial charge in [-0.1, -0.05) is 25.7 Å². The molecular formula is C25H31N5O5. The molecule has 186 valence electrons. The maximum atomic E-state index is 13.4. The first-order valence-electron chi connectivity index (χ1n) is 12.1. The summed E-state index contributed by atoms with van der Waals surface area (Å²) in [6.45, 7) is 0.296. The summed E-state index contributed by atoms with van der Waals surface area (Å²) >= 11 is 0. The van der Waals surface area contributed by atoms with Crippen molar-refractivity contribution < 1.29 is 24.4 Å². The third-order valence-electron chi connectivity index (χ3n) is 6.98. The summed E-state index contributed by atoms with van der Waals surface area (Å²) in [6.07, 6.45) is 11.3. The Balaban J connectivity index is 1.40. The highest BCUT2D eigenvalue weighted by Gasteiger charge is 2.39. The fraction of sp³-hybridized carbons (Fsp3) is 0.480. The lowest BCUT2D eigenvalue weighted by atomic mass is 9.91. The molecule has 10 nitrogen and oxygen atoms in total. The average Bonchev–Trinajstić information content (AvgIpc) is 3.66. The first kappa shape index (κ1) is 24.6. The van der Waals surface area contributed by atoms with Gasteiger partial charge in [-0.2, -0.15) is 0 Å². The van der Waals surface area contributed by atoms with Crippen molar-refractivity contribution in [2.75, 3.05) is 13.1 Å². The number of aromatic nitrogens is 2. The summed E-state index contributed by atoms with van der Waals surface area (Å²) < 4.78 is 1.80. The standard InChI is InChI=1S/C25H31N5O5/c31-17-29(35)15-20(14-18-4-1-2-5-18)25(34)30-12-3-6-22(30)24(33)27-23(32)19-7-9-21(10-8-19)28-13-11-26-16-28/h7-11,13,16-18,20,22,35H,1-6,12,14-15H2,(H,27,32,33)/t20-,22+/m1/s1. The van der Waals surface area contributed by atoms with Gasteiger partial charge in [0.2, 0.25) is 18.2 Å². The number of benzene rings is 1. The fourth-order valence-corrected chi connectivity index (χ4v) is 5.17. The Morgan fingerprint density at radius 3 is 2.54 bits per heavy atom. The highest BCUT2D eigenvalue weighted by atomic mass is 16.5. The van der Waals surface area contributed by atoms with E-state index in [1.165, 1.54) is 4.90 Å². The van der Waals surface area contributed by atoms with Crippen molar-refractivity contribution >= 4 is 24.1 Å². The lowest BCUT2D eigenvalue weighted by Gasteiger charge is -2.30. The molecule has 2 aliphatic rings. The number of nitrogens with one attached hydrogen (secondary N) is 1. The largest absolute Gasteiger partial charge is 0.330 e. The van der Waals surface area contributed by atoms with Crippen molar-refractivity contribution in [1.29, 1.82) is 0 Å². The highest BCUT2D eigenvalue weighted by molar-refractivity contribution is 6.07. The number of nitrogens with zero attached hydrogens (tertiary/aromatic N) is 4. The number of amides is 4. The predicted molar refractivity (Wildman–Crippen MR) is 125 cm³/mol. The van der Waals surface area contributed by atoms with Gasteiger partial charge in [0.1, 0.15) is 6.04 Å². The van der Waals surface area contributed by atoms with E-state index in [1.807, 2.05) is 0 Å². The van der Waals surface area contributed by atoms with E-state index in [-0.39, 0.29) is 12.5 Å². The predicted octanol–water partition coefficient (Wildman–Crippen LogP) is 2.16. The van der Waals surface area contributed by atoms with Crippen LogP contribution >= 0.6 is 0 Å². The lowest BCUT2D eigenvalue weighted by Crippen LogP contribution is -2.50. The van der Waals surface area contributed by atoms with Crippen LogP contribution in [-0.2, 0) is 14.4 Å². The number of carbonyl (C=O) groups is 4. The van der Waals surface area contributed by atoms with Crippen molar-refractivity contribution in [3.05, 3.63) is 48.5 Å². The molecule has 10 heteroatoms. The minimum absolute atomic E-state index is 0.105. The van der Waals surface area contributed by atoms with Gasteiger partial charge in [-0.05, 0) is 49.4 Å². The minimum atomic E-state index is -0.758. The van der Waals surface area contributed by atoms with Crippen LogP contribution in [0.5, 0.6) is 0 Å². The van der Waals surface area contributed by atoms with Gasteiger partial charge < -0.3 is 9.47 Å². The van der Waals surface area contributed by atoms with Gasteiger partial charge >= 0.3 is 0 Å². The number of hydroxylamine groups is 2. The maximum absolute atomic E-state index is 13.4. The van der Waals surface area contributed by atoms with E-state index in [0.29, 0.717) is 48.8 Å². The van der Waals surface area contributed by atoms with E-state index in [0.717, 1.165) is 31.4 Å². The van der Waals surface area contributed by atoms with Crippen LogP contribution in [0.3, 0.4) is 0 Å². The van der Waals surface area contributed by atoms with Crippen LogP contribution in [0.25, 0.3) is 5.69 Å². The molecule has 1 saturated heterocycles. The van der Waals surface area contributed by atoms with Crippen molar-refractivity contribution in [1.82, 2.24) is 24.8 Å². The van der Waals surface area contributed by atoms with Gasteiger partial charge in [-0.3, -0.25) is 29.7 Å². The molecule has 1 aliphatic carbocycles. The number of rotatable bonds is 9. The number of imidazole rings is 1. The second-order valence-corrected chi connectivity index (χ2v) is 9.34. The SMILES string of the molecule is O=CN(O)C[C@@H](CC1CCCC1)C(=O)N1CCC[C@H]1C(=O)NC(=O)c1ccc(-n2ccnc2)cc1. The molecule has 1 aliphatic heterocycles. The smallest absolute Gasteiger partial charge is 0.257 e. The molecule has 4 amide bonds. The first-order chi connectivity index (χ1) is 17.0. The molecule has 1 aromatic heterocycles. The zero-order valence-corrected chi connectivity index (χ0v) is 19.6. The van der Waals surface area contributed by atoms with Crippen molar-refractivity contribution in [3.63, 3.8) is 0 Å². The highest BCUT2D eigenvalue weighted by Crippen LogP contribution is 2.32. The van der Waals surface area contributed by atoms with Gasteiger partial charge in [0.25, 0.3) is 5.91 Å². The Bertz CT molecular complexity index is 1030. The summed E-state index contributed by atoms with van der Waals surface area (Å²) in [7, 11) is 0. The van der Waals surface area contributed by atoms with E-state index in [4.69, 9.17) is 0 Å². The van der Waals surface area contributed by atoms with Gasteiger partial charge in [-0.25, -0.2) is 10.0 Å². The summed E-state index contributed by atoms with van der Waals surface area (Å²) in [5.41, 5.74) is 1.17. The topological polar surface area (TPSA) is 125 Å². The Morgan fingerprint density at radius 2 is 1.89 bits per heavy atom. The van der Waals surface area contributed by atoms with E-state index in [9.17, 15) is 24.4 Å². The minimum Gasteiger partial charge on any atom is -0.330 e. The van der Waals surface area contributed by atoms with E-state index >= 15 is 0 Å². The van der Waals surface area contributed by atoms with E-state index < -0.39 is 23.8 Å². The molecule has 1 saturated carbocycles. The molecule has 4 rings (SSSR count). The summed E-state index contributed by atoms with van der Waals surface area (Å²) in [5, 5.41) is 12.7. The summed E-state index contributed by atoms with van der Waals surface area (Å²) in [6, 6.07) is 6.01. The number of carbonyl (C=O) groups excluding carboxylic acids is 4. The quantitative estimate of drug-likeness (QED) is 0.245. The molecule has 0 bridgehead atoms. The Labute approximate surface area is 203 Å². The molecule has 35 heavy (non-hydrogen) atoms. The number of likely N-dealkylation sites (tertiary alicyclic amines) is 1. The molecule has 2 N–H and O–H groups in total. The third-order valence-corrected chi connectivity index (χ3v) is 6.98. The Kier molecular flexibility index (Phi) is 7.91. The normalized spacial score (nSPS) is 18.9. The number of imide groups is 1. The second-order valence-electron chi connectivity index (χ2n) is 9.34. The molecule has 2 fully saturated rings. The third kappa shape index (κ3) is 5.94. The lowest BCUT2D eigenvalue weighted by molar-refractivity contribution is -0.158. The number of hydrogen-bond acceptors (Lipinski definition) is 6. The Morgan fingerprint density at radius 1 is 1.14 bits per heavy atom. The van der Waals surface area contributed by atoms with Crippen LogP contribution in [-0.4, -0.2) is 68.0 Å². The van der Waals surface area contributed by atoms with Crippen LogP contribution in [0.4, 0.5) is 0 Å². The van der Waals surface area contributed by atoms with Crippen LogP contribution in [0, 0.1) is 11.8 Å². The van der Waals surface area contributed by atoms with Gasteiger partial charge in [0.05, 0.1) is 18.8 Å². The molecule has 0 radical (unpaired) electrons. The summed E-state index contributed by atoms with van der Waals surface area (Å²) in [5.74, 6) is -1.53. The molecule has 1 aromatic carbocycles. The monoisotopic (exact) mass is 481 g/mol. The zero-order chi connectivity index (χ0) is 24.8. The second kappa shape index (κ2) is 11.3.